The van der Waals surface area contributed by atoms with Crippen LogP contribution in [0.4, 0.5) is 5.69 Å². The molecule has 0 aliphatic heterocycles. The van der Waals surface area contributed by atoms with Crippen molar-refractivity contribution in [1.29, 1.82) is 0 Å². The number of esters is 1. The van der Waals surface area contributed by atoms with E-state index >= 15 is 0 Å². The Bertz CT molecular complexity index is 519. The number of carbonyl (C=O) groups is 1. The maximum Gasteiger partial charge on any atom is 0.358 e. The standard InChI is InChI=1S/C11H11N3O2/c1-16-11(15)10-5-6-14(13-10)9-4-2-3-8(12)7-9/h2-7H,12H2,1H3. The Morgan fingerprint density at radius 2 is 2.25 bits per heavy atom. The smallest absolute Gasteiger partial charge is 0.358 e. The quantitative estimate of drug-likeness (QED) is 0.607. The van der Waals surface area contributed by atoms with E-state index in [1.54, 1.807) is 29.1 Å². The number of ether oxygens (including phenoxy) is 1. The van der Waals surface area contributed by atoms with Crippen LogP contribution in [-0.4, -0.2) is 22.9 Å². The van der Waals surface area contributed by atoms with Crippen molar-refractivity contribution in [2.75, 3.05) is 12.8 Å². The summed E-state index contributed by atoms with van der Waals surface area (Å²) in [5, 5.41) is 4.08. The Balaban J connectivity index is 2.35. The van der Waals surface area contributed by atoms with Gasteiger partial charge in [0.2, 0.25) is 0 Å². The normalized spacial score (nSPS) is 10.1. The van der Waals surface area contributed by atoms with Gasteiger partial charge in [0.1, 0.15) is 0 Å². The van der Waals surface area contributed by atoms with Crippen molar-refractivity contribution < 1.29 is 9.53 Å². The monoisotopic (exact) mass is 217 g/mol. The van der Waals surface area contributed by atoms with Crippen LogP contribution in [-0.2, 0) is 4.74 Å². The number of nitrogen functional groups attached to an aromatic ring is 1. The van der Waals surface area contributed by atoms with Crippen LogP contribution >= 0.6 is 0 Å². The molecule has 0 amide bonds. The predicted octanol–water partition coefficient (Wildman–Crippen LogP) is 1.24. The lowest BCUT2D eigenvalue weighted by Crippen LogP contribution is -2.04. The molecular weight excluding hydrogens is 206 g/mol. The van der Waals surface area contributed by atoms with Gasteiger partial charge in [-0.2, -0.15) is 5.10 Å². The molecule has 2 rings (SSSR count). The van der Waals surface area contributed by atoms with Crippen LogP contribution < -0.4 is 5.73 Å². The number of carbonyl (C=O) groups excluding carboxylic acids is 1. The van der Waals surface area contributed by atoms with Crippen LogP contribution in [0.5, 0.6) is 0 Å². The molecule has 16 heavy (non-hydrogen) atoms. The van der Waals surface area contributed by atoms with E-state index in [1.165, 1.54) is 7.11 Å². The predicted molar refractivity (Wildman–Crippen MR) is 59.3 cm³/mol. The number of nitrogens with zero attached hydrogens (tertiary/aromatic N) is 2. The summed E-state index contributed by atoms with van der Waals surface area (Å²) in [6.07, 6.45) is 1.68. The number of nitrogens with two attached hydrogens (primary N) is 1. The molecule has 0 saturated heterocycles. The molecule has 0 aliphatic carbocycles. The summed E-state index contributed by atoms with van der Waals surface area (Å²) >= 11 is 0. The van der Waals surface area contributed by atoms with Crippen molar-refractivity contribution in [3.8, 4) is 5.69 Å². The van der Waals surface area contributed by atoms with Gasteiger partial charge in [-0.05, 0) is 24.3 Å². The highest BCUT2D eigenvalue weighted by Gasteiger charge is 2.09. The van der Waals surface area contributed by atoms with Gasteiger partial charge in [-0.15, -0.1) is 0 Å². The molecule has 1 aromatic carbocycles. The molecule has 0 saturated carbocycles. The highest BCUT2D eigenvalue weighted by atomic mass is 16.5. The maximum absolute atomic E-state index is 11.2. The van der Waals surface area contributed by atoms with Gasteiger partial charge in [0.25, 0.3) is 0 Å². The topological polar surface area (TPSA) is 70.1 Å². The summed E-state index contributed by atoms with van der Waals surface area (Å²) < 4.78 is 6.14. The Hall–Kier alpha value is -2.30. The first-order valence-corrected chi connectivity index (χ1v) is 4.70. The second kappa shape index (κ2) is 4.06. The van der Waals surface area contributed by atoms with Gasteiger partial charge in [-0.3, -0.25) is 0 Å². The van der Waals surface area contributed by atoms with Gasteiger partial charge in [-0.25, -0.2) is 9.48 Å². The van der Waals surface area contributed by atoms with Crippen LogP contribution in [0.1, 0.15) is 10.5 Å². The highest BCUT2D eigenvalue weighted by molar-refractivity contribution is 5.86. The lowest BCUT2D eigenvalue weighted by molar-refractivity contribution is 0.0593. The fourth-order valence-electron chi connectivity index (χ4n) is 1.35. The van der Waals surface area contributed by atoms with E-state index in [-0.39, 0.29) is 5.69 Å². The number of anilines is 1. The van der Waals surface area contributed by atoms with Gasteiger partial charge in [0.15, 0.2) is 5.69 Å². The van der Waals surface area contributed by atoms with Gasteiger partial charge in [-0.1, -0.05) is 6.07 Å². The van der Waals surface area contributed by atoms with Crippen LogP contribution in [0.15, 0.2) is 36.5 Å². The van der Waals surface area contributed by atoms with Crippen LogP contribution in [0, 0.1) is 0 Å². The van der Waals surface area contributed by atoms with Crippen LogP contribution in [0.2, 0.25) is 0 Å². The summed E-state index contributed by atoms with van der Waals surface area (Å²) in [6.45, 7) is 0. The minimum absolute atomic E-state index is 0.268. The molecule has 0 bridgehead atoms. The third kappa shape index (κ3) is 1.88. The Labute approximate surface area is 92.4 Å². The minimum Gasteiger partial charge on any atom is -0.464 e. The van der Waals surface area contributed by atoms with Crippen LogP contribution in [0.25, 0.3) is 5.69 Å². The lowest BCUT2D eigenvalue weighted by Gasteiger charge is -2.01. The molecule has 2 aromatic rings. The Morgan fingerprint density at radius 1 is 1.44 bits per heavy atom. The molecule has 5 nitrogen and oxygen atoms in total. The molecule has 1 heterocycles. The Kier molecular flexibility index (Phi) is 2.59. The fourth-order valence-corrected chi connectivity index (χ4v) is 1.35. The largest absolute Gasteiger partial charge is 0.464 e. The summed E-state index contributed by atoms with van der Waals surface area (Å²) in [7, 11) is 1.32. The van der Waals surface area contributed by atoms with Gasteiger partial charge in [0, 0.05) is 11.9 Å². The molecule has 82 valence electrons. The Morgan fingerprint density at radius 3 is 2.94 bits per heavy atom. The van der Waals surface area contributed by atoms with E-state index in [2.05, 4.69) is 9.84 Å². The van der Waals surface area contributed by atoms with E-state index in [0.29, 0.717) is 5.69 Å². The van der Waals surface area contributed by atoms with Crippen molar-refractivity contribution in [1.82, 2.24) is 9.78 Å². The average molecular weight is 217 g/mol. The van der Waals surface area contributed by atoms with Gasteiger partial charge >= 0.3 is 5.97 Å². The number of aromatic nitrogens is 2. The zero-order chi connectivity index (χ0) is 11.5. The molecule has 0 atom stereocenters. The highest BCUT2D eigenvalue weighted by Crippen LogP contribution is 2.11. The summed E-state index contributed by atoms with van der Waals surface area (Å²) in [4.78, 5) is 11.2. The van der Waals surface area contributed by atoms with Crippen molar-refractivity contribution >= 4 is 11.7 Å². The van der Waals surface area contributed by atoms with Crippen molar-refractivity contribution in [3.63, 3.8) is 0 Å². The second-order valence-electron chi connectivity index (χ2n) is 3.23. The van der Waals surface area contributed by atoms with Crippen LogP contribution in [0.3, 0.4) is 0 Å². The van der Waals surface area contributed by atoms with E-state index in [4.69, 9.17) is 5.73 Å². The molecule has 0 aliphatic rings. The third-order valence-electron chi connectivity index (χ3n) is 2.12. The van der Waals surface area contributed by atoms with E-state index < -0.39 is 5.97 Å². The number of hydrogen-bond acceptors (Lipinski definition) is 4. The van der Waals surface area contributed by atoms with Crippen molar-refractivity contribution in [2.24, 2.45) is 0 Å². The first-order valence-electron chi connectivity index (χ1n) is 4.70. The number of rotatable bonds is 2. The third-order valence-corrected chi connectivity index (χ3v) is 2.12. The molecular formula is C11H11N3O2. The number of methoxy groups -OCH3 is 1. The molecule has 0 radical (unpaired) electrons. The number of benzene rings is 1. The summed E-state index contributed by atoms with van der Waals surface area (Å²) in [6, 6.07) is 8.83. The van der Waals surface area contributed by atoms with E-state index in [0.717, 1.165) is 5.69 Å². The molecule has 2 N–H and O–H groups in total. The lowest BCUT2D eigenvalue weighted by atomic mass is 10.3. The van der Waals surface area contributed by atoms with E-state index in [9.17, 15) is 4.79 Å². The fraction of sp³-hybridized carbons (Fsp3) is 0.0909. The van der Waals surface area contributed by atoms with Gasteiger partial charge < -0.3 is 10.5 Å². The molecule has 0 fully saturated rings. The number of hydrogen-bond donors (Lipinski definition) is 1. The van der Waals surface area contributed by atoms with Crippen molar-refractivity contribution in [3.05, 3.63) is 42.2 Å². The molecule has 1 aromatic heterocycles. The molecule has 0 unspecified atom stereocenters. The summed E-state index contributed by atoms with van der Waals surface area (Å²) in [5.74, 6) is -0.456. The minimum atomic E-state index is -0.456. The van der Waals surface area contributed by atoms with Crippen molar-refractivity contribution in [2.45, 2.75) is 0 Å². The second-order valence-corrected chi connectivity index (χ2v) is 3.23. The SMILES string of the molecule is COC(=O)c1ccn(-c2cccc(N)c2)n1. The van der Waals surface area contributed by atoms with Gasteiger partial charge in [0.05, 0.1) is 12.8 Å². The van der Waals surface area contributed by atoms with E-state index in [1.807, 2.05) is 12.1 Å². The maximum atomic E-state index is 11.2. The first kappa shape index (κ1) is 10.2. The summed E-state index contributed by atoms with van der Waals surface area (Å²) in [5.41, 5.74) is 7.37. The average Bonchev–Trinajstić information content (AvgIpc) is 2.77. The molecule has 5 heteroatoms. The first-order chi connectivity index (χ1) is 7.70. The zero-order valence-corrected chi connectivity index (χ0v) is 8.75. The molecule has 0 spiro atoms. The zero-order valence-electron chi connectivity index (χ0n) is 8.75.